The van der Waals surface area contributed by atoms with Gasteiger partial charge in [0.2, 0.25) is 0 Å². The number of nitrogens with zero attached hydrogens (tertiary/aromatic N) is 3. The number of hydrogen-bond acceptors (Lipinski definition) is 4. The lowest BCUT2D eigenvalue weighted by Gasteiger charge is -2.19. The van der Waals surface area contributed by atoms with Crippen LogP contribution < -0.4 is 15.1 Å². The number of fused-ring (bicyclic) bond motifs is 1. The zero-order valence-electron chi connectivity index (χ0n) is 11.5. The van der Waals surface area contributed by atoms with Crippen molar-refractivity contribution in [2.45, 2.75) is 6.92 Å². The second-order valence-corrected chi connectivity index (χ2v) is 5.00. The summed E-state index contributed by atoms with van der Waals surface area (Å²) in [6.07, 6.45) is 0. The summed E-state index contributed by atoms with van der Waals surface area (Å²) < 4.78 is 0. The Morgan fingerprint density at radius 2 is 1.84 bits per heavy atom. The number of pyridine rings is 1. The lowest BCUT2D eigenvalue weighted by Crippen LogP contribution is -2.17. The molecule has 19 heavy (non-hydrogen) atoms. The van der Waals surface area contributed by atoms with E-state index in [4.69, 9.17) is 0 Å². The zero-order valence-corrected chi connectivity index (χ0v) is 11.5. The van der Waals surface area contributed by atoms with Crippen molar-refractivity contribution in [1.29, 1.82) is 0 Å². The van der Waals surface area contributed by atoms with Crippen molar-refractivity contribution >= 4 is 22.9 Å². The Balaban J connectivity index is 1.95. The van der Waals surface area contributed by atoms with Crippen LogP contribution in [-0.2, 0) is 0 Å². The number of aryl methyl sites for hydroxylation is 1. The van der Waals surface area contributed by atoms with Gasteiger partial charge in [0.1, 0.15) is 0 Å². The van der Waals surface area contributed by atoms with E-state index in [1.165, 1.54) is 5.69 Å². The van der Waals surface area contributed by atoms with Gasteiger partial charge in [-0.15, -0.1) is 0 Å². The molecule has 0 atom stereocenters. The summed E-state index contributed by atoms with van der Waals surface area (Å²) in [6, 6.07) is 12.6. The normalized spacial score (nSPS) is 13.1. The van der Waals surface area contributed by atoms with Crippen LogP contribution in [0, 0.1) is 6.92 Å². The van der Waals surface area contributed by atoms with Crippen LogP contribution in [-0.4, -0.2) is 25.7 Å². The van der Waals surface area contributed by atoms with E-state index < -0.39 is 0 Å². The van der Waals surface area contributed by atoms with Gasteiger partial charge < -0.3 is 15.1 Å². The summed E-state index contributed by atoms with van der Waals surface area (Å²) in [5, 5.41) is 3.37. The summed E-state index contributed by atoms with van der Waals surface area (Å²) in [6.45, 7) is 2.79. The number of nitrogens with one attached hydrogen (secondary N) is 1. The van der Waals surface area contributed by atoms with Crippen molar-refractivity contribution < 1.29 is 0 Å². The molecule has 4 heteroatoms. The molecule has 98 valence electrons. The van der Waals surface area contributed by atoms with Crippen LogP contribution in [0.4, 0.5) is 22.9 Å². The van der Waals surface area contributed by atoms with Gasteiger partial charge >= 0.3 is 0 Å². The average Bonchev–Trinajstić information content (AvgIpc) is 2.81. The topological polar surface area (TPSA) is 31.4 Å². The van der Waals surface area contributed by atoms with Gasteiger partial charge in [-0.05, 0) is 43.3 Å². The van der Waals surface area contributed by atoms with Gasteiger partial charge in [0.05, 0.1) is 12.4 Å². The second-order valence-electron chi connectivity index (χ2n) is 5.00. The molecule has 0 bridgehead atoms. The smallest absolute Gasteiger partial charge is 0.158 e. The number of rotatable bonds is 2. The van der Waals surface area contributed by atoms with E-state index in [2.05, 4.69) is 50.4 Å². The molecule has 1 aromatic carbocycles. The van der Waals surface area contributed by atoms with E-state index in [1.807, 2.05) is 27.1 Å². The first-order chi connectivity index (χ1) is 9.15. The van der Waals surface area contributed by atoms with E-state index in [0.717, 1.165) is 29.6 Å². The first-order valence-electron chi connectivity index (χ1n) is 6.41. The molecule has 0 aliphatic carbocycles. The molecule has 0 saturated carbocycles. The molecule has 0 unspecified atom stereocenters. The predicted molar refractivity (Wildman–Crippen MR) is 80.4 cm³/mol. The third kappa shape index (κ3) is 2.10. The molecule has 1 N–H and O–H groups in total. The molecular weight excluding hydrogens is 236 g/mol. The maximum Gasteiger partial charge on any atom is 0.158 e. The Kier molecular flexibility index (Phi) is 2.78. The molecule has 0 radical (unpaired) electrons. The van der Waals surface area contributed by atoms with Crippen LogP contribution in [0.2, 0.25) is 0 Å². The summed E-state index contributed by atoms with van der Waals surface area (Å²) >= 11 is 0. The molecule has 1 aliphatic rings. The van der Waals surface area contributed by atoms with Gasteiger partial charge in [0.25, 0.3) is 0 Å². The van der Waals surface area contributed by atoms with E-state index in [1.54, 1.807) is 0 Å². The average molecular weight is 254 g/mol. The molecule has 3 rings (SSSR count). The quantitative estimate of drug-likeness (QED) is 0.892. The SMILES string of the molecule is Cc1ccc2c(n1)N(c1ccc(N(C)C)cc1)CN2. The van der Waals surface area contributed by atoms with Gasteiger partial charge in [0, 0.05) is 31.2 Å². The Bertz CT molecular complexity index is 590. The second kappa shape index (κ2) is 4.46. The van der Waals surface area contributed by atoms with E-state index in [0.29, 0.717) is 0 Å². The molecule has 4 nitrogen and oxygen atoms in total. The summed E-state index contributed by atoms with van der Waals surface area (Å²) in [5.41, 5.74) is 4.50. The van der Waals surface area contributed by atoms with Crippen LogP contribution in [0.5, 0.6) is 0 Å². The Labute approximate surface area is 113 Å². The molecule has 0 spiro atoms. The van der Waals surface area contributed by atoms with Crippen molar-refractivity contribution in [2.75, 3.05) is 35.9 Å². The molecule has 1 aromatic heterocycles. The zero-order chi connectivity index (χ0) is 13.4. The van der Waals surface area contributed by atoms with Crippen LogP contribution in [0.25, 0.3) is 0 Å². The summed E-state index contributed by atoms with van der Waals surface area (Å²) in [7, 11) is 4.10. The third-order valence-corrected chi connectivity index (χ3v) is 3.38. The Hall–Kier alpha value is -2.23. The highest BCUT2D eigenvalue weighted by atomic mass is 15.3. The van der Waals surface area contributed by atoms with Crippen molar-refractivity contribution in [3.05, 3.63) is 42.1 Å². The maximum absolute atomic E-state index is 4.62. The van der Waals surface area contributed by atoms with Crippen molar-refractivity contribution in [2.24, 2.45) is 0 Å². The molecule has 0 saturated heterocycles. The van der Waals surface area contributed by atoms with Crippen molar-refractivity contribution in [3.63, 3.8) is 0 Å². The first kappa shape index (κ1) is 11.8. The van der Waals surface area contributed by atoms with Crippen LogP contribution in [0.3, 0.4) is 0 Å². The third-order valence-electron chi connectivity index (χ3n) is 3.38. The first-order valence-corrected chi connectivity index (χ1v) is 6.41. The van der Waals surface area contributed by atoms with Crippen LogP contribution in [0.15, 0.2) is 36.4 Å². The van der Waals surface area contributed by atoms with Gasteiger partial charge in [0.15, 0.2) is 5.82 Å². The number of aromatic nitrogens is 1. The minimum Gasteiger partial charge on any atom is -0.378 e. The summed E-state index contributed by atoms with van der Waals surface area (Å²) in [5.74, 6) is 1.01. The molecule has 0 fully saturated rings. The van der Waals surface area contributed by atoms with Crippen LogP contribution in [0.1, 0.15) is 5.69 Å². The Morgan fingerprint density at radius 1 is 1.11 bits per heavy atom. The fraction of sp³-hybridized carbons (Fsp3) is 0.267. The number of anilines is 4. The molecule has 2 heterocycles. The molecule has 1 aliphatic heterocycles. The van der Waals surface area contributed by atoms with E-state index >= 15 is 0 Å². The monoisotopic (exact) mass is 254 g/mol. The fourth-order valence-corrected chi connectivity index (χ4v) is 2.27. The van der Waals surface area contributed by atoms with Crippen molar-refractivity contribution in [3.8, 4) is 0 Å². The summed E-state index contributed by atoms with van der Waals surface area (Å²) in [4.78, 5) is 8.92. The van der Waals surface area contributed by atoms with Crippen LogP contribution >= 0.6 is 0 Å². The van der Waals surface area contributed by atoms with E-state index in [-0.39, 0.29) is 0 Å². The lowest BCUT2D eigenvalue weighted by atomic mass is 10.2. The molecule has 2 aromatic rings. The van der Waals surface area contributed by atoms with Crippen molar-refractivity contribution in [1.82, 2.24) is 4.98 Å². The van der Waals surface area contributed by atoms with Gasteiger partial charge in [-0.1, -0.05) is 0 Å². The fourth-order valence-electron chi connectivity index (χ4n) is 2.27. The maximum atomic E-state index is 4.62. The Morgan fingerprint density at radius 3 is 2.53 bits per heavy atom. The van der Waals surface area contributed by atoms with Gasteiger partial charge in [-0.25, -0.2) is 4.98 Å². The highest BCUT2D eigenvalue weighted by Crippen LogP contribution is 2.35. The highest BCUT2D eigenvalue weighted by molar-refractivity contribution is 5.78. The lowest BCUT2D eigenvalue weighted by molar-refractivity contribution is 1.05. The standard InChI is InChI=1S/C15H18N4/c1-11-4-9-14-15(17-11)19(10-16-14)13-7-5-12(6-8-13)18(2)3/h4-9,16H,10H2,1-3H3. The van der Waals surface area contributed by atoms with Gasteiger partial charge in [-0.3, -0.25) is 0 Å². The number of hydrogen-bond donors (Lipinski definition) is 1. The minimum absolute atomic E-state index is 0.771. The largest absolute Gasteiger partial charge is 0.378 e. The van der Waals surface area contributed by atoms with E-state index in [9.17, 15) is 0 Å². The molecule has 0 amide bonds. The minimum atomic E-state index is 0.771. The highest BCUT2D eigenvalue weighted by Gasteiger charge is 2.21. The molecular formula is C15H18N4. The van der Waals surface area contributed by atoms with Gasteiger partial charge in [-0.2, -0.15) is 0 Å². The number of benzene rings is 1. The predicted octanol–water partition coefficient (Wildman–Crippen LogP) is 2.98.